The summed E-state index contributed by atoms with van der Waals surface area (Å²) in [6.07, 6.45) is 4.56. The molecule has 2 rings (SSSR count). The van der Waals surface area contributed by atoms with Crippen LogP contribution in [0.5, 0.6) is 0 Å². The third kappa shape index (κ3) is 3.37. The Hall–Kier alpha value is -2.25. The highest BCUT2D eigenvalue weighted by atomic mass is 16.4. The summed E-state index contributed by atoms with van der Waals surface area (Å²) in [7, 11) is 0. The molecular weight excluding hydrogens is 238 g/mol. The number of carboxylic acid groups (broad SMARTS) is 1. The zero-order valence-electron chi connectivity index (χ0n) is 9.61. The monoisotopic (exact) mass is 251 g/mol. The average Bonchev–Trinajstić information content (AvgIpc) is 3.14. The second kappa shape index (κ2) is 5.39. The molecule has 0 spiro atoms. The van der Waals surface area contributed by atoms with Crippen LogP contribution in [-0.2, 0) is 4.79 Å². The molecule has 1 aromatic heterocycles. The van der Waals surface area contributed by atoms with E-state index >= 15 is 0 Å². The molecule has 0 saturated heterocycles. The van der Waals surface area contributed by atoms with Crippen LogP contribution in [-0.4, -0.2) is 49.8 Å². The zero-order chi connectivity index (χ0) is 13.0. The molecule has 0 atom stereocenters. The normalized spacial score (nSPS) is 14.0. The molecule has 1 aliphatic rings. The molecule has 8 nitrogen and oxygen atoms in total. The van der Waals surface area contributed by atoms with Crippen LogP contribution < -0.4 is 5.32 Å². The maximum atomic E-state index is 11.9. The molecule has 1 aromatic rings. The minimum Gasteiger partial charge on any atom is -0.481 e. The van der Waals surface area contributed by atoms with Crippen molar-refractivity contribution in [1.82, 2.24) is 20.1 Å². The van der Waals surface area contributed by atoms with Gasteiger partial charge in [0.15, 0.2) is 0 Å². The average molecular weight is 251 g/mol. The van der Waals surface area contributed by atoms with Crippen LogP contribution in [0.15, 0.2) is 12.4 Å². The van der Waals surface area contributed by atoms with Gasteiger partial charge in [-0.15, -0.1) is 5.10 Å². The number of rotatable bonds is 5. The number of amides is 2. The van der Waals surface area contributed by atoms with E-state index in [-0.39, 0.29) is 31.0 Å². The first kappa shape index (κ1) is 12.2. The molecule has 8 heteroatoms. The fraction of sp³-hybridized carbons (Fsp3) is 0.500. The summed E-state index contributed by atoms with van der Waals surface area (Å²) in [5.74, 6) is -0.811. The molecule has 2 N–H and O–H groups in total. The molecule has 0 radical (unpaired) electrons. The van der Waals surface area contributed by atoms with Crippen LogP contribution in [0.4, 0.5) is 10.7 Å². The summed E-state index contributed by atoms with van der Waals surface area (Å²) in [5, 5.41) is 18.4. The minimum absolute atomic E-state index is 0.0716. The topological polar surface area (TPSA) is 108 Å². The number of nitrogens with one attached hydrogen (secondary N) is 1. The van der Waals surface area contributed by atoms with Crippen LogP contribution in [0.2, 0.25) is 0 Å². The van der Waals surface area contributed by atoms with Gasteiger partial charge in [-0.25, -0.2) is 9.78 Å². The van der Waals surface area contributed by atoms with Crippen molar-refractivity contribution in [3.05, 3.63) is 12.4 Å². The van der Waals surface area contributed by atoms with Crippen molar-refractivity contribution < 1.29 is 14.7 Å². The Morgan fingerprint density at radius 2 is 2.22 bits per heavy atom. The molecule has 96 valence electrons. The summed E-state index contributed by atoms with van der Waals surface area (Å²) in [4.78, 5) is 27.8. The number of aromatic nitrogens is 3. The van der Waals surface area contributed by atoms with E-state index in [4.69, 9.17) is 5.11 Å². The van der Waals surface area contributed by atoms with Crippen molar-refractivity contribution in [2.45, 2.75) is 25.3 Å². The maximum absolute atomic E-state index is 11.9. The highest BCUT2D eigenvalue weighted by Gasteiger charge is 2.33. The van der Waals surface area contributed by atoms with Gasteiger partial charge in [-0.2, -0.15) is 5.10 Å². The van der Waals surface area contributed by atoms with Gasteiger partial charge in [0, 0.05) is 12.6 Å². The maximum Gasteiger partial charge on any atom is 0.324 e. The van der Waals surface area contributed by atoms with Gasteiger partial charge in [-0.3, -0.25) is 10.1 Å². The van der Waals surface area contributed by atoms with Crippen molar-refractivity contribution in [3.63, 3.8) is 0 Å². The standard InChI is InChI=1S/C10H13N5O3/c16-8(17)3-6-15(7-1-2-7)10(18)13-9-11-4-5-12-14-9/h4-5,7H,1-3,6H2,(H,16,17)(H,11,13,14,18). The van der Waals surface area contributed by atoms with Gasteiger partial charge in [-0.05, 0) is 12.8 Å². The molecule has 1 saturated carbocycles. The van der Waals surface area contributed by atoms with Crippen LogP contribution in [0, 0.1) is 0 Å². The molecule has 0 aliphatic heterocycles. The van der Waals surface area contributed by atoms with Gasteiger partial charge >= 0.3 is 12.0 Å². The third-order valence-corrected chi connectivity index (χ3v) is 2.52. The Morgan fingerprint density at radius 1 is 1.44 bits per heavy atom. The van der Waals surface area contributed by atoms with E-state index in [1.807, 2.05) is 0 Å². The largest absolute Gasteiger partial charge is 0.481 e. The minimum atomic E-state index is -0.925. The van der Waals surface area contributed by atoms with E-state index in [0.29, 0.717) is 0 Å². The predicted octanol–water partition coefficient (Wildman–Crippen LogP) is 0.343. The molecule has 2 amide bonds. The van der Waals surface area contributed by atoms with Crippen LogP contribution in [0.1, 0.15) is 19.3 Å². The summed E-state index contributed by atoms with van der Waals surface area (Å²) < 4.78 is 0. The lowest BCUT2D eigenvalue weighted by molar-refractivity contribution is -0.137. The fourth-order valence-corrected chi connectivity index (χ4v) is 1.52. The summed E-state index contributed by atoms with van der Waals surface area (Å²) >= 11 is 0. The third-order valence-electron chi connectivity index (χ3n) is 2.52. The van der Waals surface area contributed by atoms with Crippen molar-refractivity contribution in [2.75, 3.05) is 11.9 Å². The molecule has 1 heterocycles. The first-order valence-electron chi connectivity index (χ1n) is 5.60. The summed E-state index contributed by atoms with van der Waals surface area (Å²) in [5.41, 5.74) is 0. The predicted molar refractivity (Wildman–Crippen MR) is 60.8 cm³/mol. The number of carbonyl (C=O) groups is 2. The summed E-state index contributed by atoms with van der Waals surface area (Å²) in [6, 6.07) is -0.257. The van der Waals surface area contributed by atoms with Crippen LogP contribution in [0.25, 0.3) is 0 Å². The highest BCUT2D eigenvalue weighted by molar-refractivity contribution is 5.88. The van der Waals surface area contributed by atoms with Crippen molar-refractivity contribution >= 4 is 17.9 Å². The van der Waals surface area contributed by atoms with E-state index in [1.54, 1.807) is 0 Å². The van der Waals surface area contributed by atoms with Gasteiger partial charge in [0.05, 0.1) is 18.8 Å². The van der Waals surface area contributed by atoms with Gasteiger partial charge in [0.25, 0.3) is 5.95 Å². The lowest BCUT2D eigenvalue weighted by Gasteiger charge is -2.21. The molecule has 0 bridgehead atoms. The van der Waals surface area contributed by atoms with Gasteiger partial charge < -0.3 is 10.0 Å². The molecule has 1 aliphatic carbocycles. The zero-order valence-corrected chi connectivity index (χ0v) is 9.61. The first-order chi connectivity index (χ1) is 8.66. The van der Waals surface area contributed by atoms with E-state index in [2.05, 4.69) is 20.5 Å². The molecule has 0 aromatic carbocycles. The molecule has 18 heavy (non-hydrogen) atoms. The SMILES string of the molecule is O=C(O)CCN(C(=O)Nc1nccnn1)C1CC1. The first-order valence-corrected chi connectivity index (χ1v) is 5.60. The van der Waals surface area contributed by atoms with Crippen LogP contribution in [0.3, 0.4) is 0 Å². The smallest absolute Gasteiger partial charge is 0.324 e. The number of carbonyl (C=O) groups excluding carboxylic acids is 1. The van der Waals surface area contributed by atoms with Crippen molar-refractivity contribution in [3.8, 4) is 0 Å². The second-order valence-electron chi connectivity index (χ2n) is 3.96. The number of anilines is 1. The lowest BCUT2D eigenvalue weighted by atomic mass is 10.4. The number of hydrogen-bond acceptors (Lipinski definition) is 5. The van der Waals surface area contributed by atoms with E-state index in [0.717, 1.165) is 12.8 Å². The summed E-state index contributed by atoms with van der Waals surface area (Å²) in [6.45, 7) is 0.187. The molecule has 0 unspecified atom stereocenters. The number of carboxylic acids is 1. The number of aliphatic carboxylic acids is 1. The Morgan fingerprint density at radius 3 is 2.78 bits per heavy atom. The number of nitrogens with zero attached hydrogens (tertiary/aromatic N) is 4. The Labute approximate surface area is 103 Å². The van der Waals surface area contributed by atoms with Crippen molar-refractivity contribution in [2.24, 2.45) is 0 Å². The van der Waals surface area contributed by atoms with Gasteiger partial charge in [-0.1, -0.05) is 0 Å². The second-order valence-corrected chi connectivity index (χ2v) is 3.96. The van der Waals surface area contributed by atoms with Gasteiger partial charge in [0.1, 0.15) is 0 Å². The lowest BCUT2D eigenvalue weighted by Crippen LogP contribution is -2.38. The Bertz CT molecular complexity index is 434. The van der Waals surface area contributed by atoms with Gasteiger partial charge in [0.2, 0.25) is 0 Å². The van der Waals surface area contributed by atoms with Crippen LogP contribution >= 0.6 is 0 Å². The Balaban J connectivity index is 1.93. The highest BCUT2D eigenvalue weighted by Crippen LogP contribution is 2.27. The number of hydrogen-bond donors (Lipinski definition) is 2. The quantitative estimate of drug-likeness (QED) is 0.781. The van der Waals surface area contributed by atoms with E-state index in [9.17, 15) is 9.59 Å². The molecule has 1 fully saturated rings. The fourth-order valence-electron chi connectivity index (χ4n) is 1.52. The van der Waals surface area contributed by atoms with Crippen molar-refractivity contribution in [1.29, 1.82) is 0 Å². The van der Waals surface area contributed by atoms with E-state index in [1.165, 1.54) is 17.3 Å². The van der Waals surface area contributed by atoms with E-state index < -0.39 is 5.97 Å². The molecular formula is C10H13N5O3. The number of urea groups is 1. The Kier molecular flexibility index (Phi) is 3.66.